The van der Waals surface area contributed by atoms with Gasteiger partial charge in [-0.25, -0.2) is 0 Å². The number of rotatable bonds is 4. The molecule has 2 heterocycles. The van der Waals surface area contributed by atoms with Crippen LogP contribution in [0, 0.1) is 5.92 Å². The Labute approximate surface area is 126 Å². The van der Waals surface area contributed by atoms with Crippen molar-refractivity contribution in [1.82, 2.24) is 4.98 Å². The summed E-state index contributed by atoms with van der Waals surface area (Å²) >= 11 is 1.41. The Morgan fingerprint density at radius 2 is 2.48 bits per heavy atom. The van der Waals surface area contributed by atoms with E-state index in [0.717, 1.165) is 22.1 Å². The lowest BCUT2D eigenvalue weighted by atomic mass is 9.96. The minimum Gasteiger partial charge on any atom is -0.494 e. The first-order chi connectivity index (χ1) is 10.3. The Kier molecular flexibility index (Phi) is 4.06. The highest BCUT2D eigenvalue weighted by Crippen LogP contribution is 2.31. The summed E-state index contributed by atoms with van der Waals surface area (Å²) in [6.07, 6.45) is 2.30. The first-order valence-corrected chi connectivity index (χ1v) is 7.72. The number of carbonyl (C=O) groups is 1. The number of hydrogen-bond acceptors (Lipinski definition) is 5. The molecule has 3 rings (SSSR count). The zero-order valence-corrected chi connectivity index (χ0v) is 12.5. The van der Waals surface area contributed by atoms with Gasteiger partial charge in [-0.2, -0.15) is 0 Å². The summed E-state index contributed by atoms with van der Waals surface area (Å²) < 4.78 is 11.2. The number of anilines is 1. The topological polar surface area (TPSA) is 60.5 Å². The van der Waals surface area contributed by atoms with Crippen molar-refractivity contribution < 1.29 is 14.3 Å². The van der Waals surface area contributed by atoms with Gasteiger partial charge in [-0.05, 0) is 37.1 Å². The van der Waals surface area contributed by atoms with Gasteiger partial charge >= 0.3 is 0 Å². The SMILES string of the molecule is CCOc1ccc2c(c1)CC(C(=O)Nc1cncs1)CO2. The summed E-state index contributed by atoms with van der Waals surface area (Å²) in [5.41, 5.74) is 2.70. The fraction of sp³-hybridized carbons (Fsp3) is 0.333. The Morgan fingerprint density at radius 1 is 1.57 bits per heavy atom. The average molecular weight is 304 g/mol. The van der Waals surface area contributed by atoms with Gasteiger partial charge in [0, 0.05) is 0 Å². The van der Waals surface area contributed by atoms with Crippen LogP contribution in [-0.2, 0) is 11.2 Å². The quantitative estimate of drug-likeness (QED) is 0.943. The van der Waals surface area contributed by atoms with E-state index in [2.05, 4.69) is 10.3 Å². The maximum atomic E-state index is 12.2. The number of nitrogens with zero attached hydrogens (tertiary/aromatic N) is 1. The van der Waals surface area contributed by atoms with Crippen LogP contribution in [-0.4, -0.2) is 24.1 Å². The molecule has 110 valence electrons. The van der Waals surface area contributed by atoms with Gasteiger partial charge in [-0.15, -0.1) is 11.3 Å². The number of fused-ring (bicyclic) bond motifs is 1. The summed E-state index contributed by atoms with van der Waals surface area (Å²) in [5, 5.41) is 3.63. The molecule has 0 radical (unpaired) electrons. The van der Waals surface area contributed by atoms with Crippen LogP contribution in [0.4, 0.5) is 5.00 Å². The molecular formula is C15H16N2O3S. The lowest BCUT2D eigenvalue weighted by molar-refractivity contribution is -0.121. The van der Waals surface area contributed by atoms with Gasteiger partial charge in [0.25, 0.3) is 0 Å². The molecule has 1 N–H and O–H groups in total. The molecule has 21 heavy (non-hydrogen) atoms. The van der Waals surface area contributed by atoms with E-state index < -0.39 is 0 Å². The van der Waals surface area contributed by atoms with Crippen LogP contribution < -0.4 is 14.8 Å². The molecule has 1 aliphatic rings. The highest BCUT2D eigenvalue weighted by molar-refractivity contribution is 7.13. The highest BCUT2D eigenvalue weighted by Gasteiger charge is 2.26. The van der Waals surface area contributed by atoms with Crippen LogP contribution in [0.2, 0.25) is 0 Å². The van der Waals surface area contributed by atoms with E-state index >= 15 is 0 Å². The standard InChI is InChI=1S/C15H16N2O3S/c1-2-19-12-3-4-13-10(6-12)5-11(8-20-13)15(18)17-14-7-16-9-21-14/h3-4,6-7,9,11H,2,5,8H2,1H3,(H,17,18). The molecular weight excluding hydrogens is 288 g/mol. The third-order valence-electron chi connectivity index (χ3n) is 3.30. The van der Waals surface area contributed by atoms with Gasteiger partial charge < -0.3 is 14.8 Å². The van der Waals surface area contributed by atoms with Crippen LogP contribution in [0.1, 0.15) is 12.5 Å². The van der Waals surface area contributed by atoms with E-state index in [-0.39, 0.29) is 11.8 Å². The second kappa shape index (κ2) is 6.13. The minimum atomic E-state index is -0.198. The normalized spacial score (nSPS) is 16.7. The number of nitrogens with one attached hydrogen (secondary N) is 1. The minimum absolute atomic E-state index is 0.0355. The zero-order chi connectivity index (χ0) is 14.7. The molecule has 6 heteroatoms. The largest absolute Gasteiger partial charge is 0.494 e. The van der Waals surface area contributed by atoms with E-state index in [1.54, 1.807) is 11.7 Å². The van der Waals surface area contributed by atoms with Crippen molar-refractivity contribution in [1.29, 1.82) is 0 Å². The number of aromatic nitrogens is 1. The van der Waals surface area contributed by atoms with Crippen molar-refractivity contribution in [2.45, 2.75) is 13.3 Å². The first-order valence-electron chi connectivity index (χ1n) is 6.84. The molecule has 0 aliphatic carbocycles. The Balaban J connectivity index is 1.70. The van der Waals surface area contributed by atoms with Crippen LogP contribution in [0.25, 0.3) is 0 Å². The molecule has 1 aliphatic heterocycles. The molecule has 1 aromatic carbocycles. The Morgan fingerprint density at radius 3 is 3.24 bits per heavy atom. The molecule has 1 atom stereocenters. The van der Waals surface area contributed by atoms with Crippen LogP contribution >= 0.6 is 11.3 Å². The molecule has 0 saturated carbocycles. The summed E-state index contributed by atoms with van der Waals surface area (Å²) in [6.45, 7) is 2.96. The number of amides is 1. The molecule has 1 aromatic heterocycles. The maximum absolute atomic E-state index is 12.2. The van der Waals surface area contributed by atoms with Crippen molar-refractivity contribution in [2.75, 3.05) is 18.5 Å². The highest BCUT2D eigenvalue weighted by atomic mass is 32.1. The van der Waals surface area contributed by atoms with Crippen LogP contribution in [0.5, 0.6) is 11.5 Å². The molecule has 1 unspecified atom stereocenters. The number of thiazole rings is 1. The lowest BCUT2D eigenvalue weighted by Crippen LogP contribution is -2.32. The van der Waals surface area contributed by atoms with E-state index in [0.29, 0.717) is 19.6 Å². The van der Waals surface area contributed by atoms with E-state index in [4.69, 9.17) is 9.47 Å². The fourth-order valence-corrected chi connectivity index (χ4v) is 2.81. The fourth-order valence-electron chi connectivity index (χ4n) is 2.30. The molecule has 0 spiro atoms. The summed E-state index contributed by atoms with van der Waals surface area (Å²) in [5.74, 6) is 1.41. The van der Waals surface area contributed by atoms with E-state index in [1.807, 2.05) is 25.1 Å². The number of hydrogen-bond donors (Lipinski definition) is 1. The zero-order valence-electron chi connectivity index (χ0n) is 11.7. The third-order valence-corrected chi connectivity index (χ3v) is 3.99. The molecule has 1 amide bonds. The van der Waals surface area contributed by atoms with Crippen molar-refractivity contribution in [3.8, 4) is 11.5 Å². The summed E-state index contributed by atoms with van der Waals surface area (Å²) in [4.78, 5) is 16.2. The summed E-state index contributed by atoms with van der Waals surface area (Å²) in [7, 11) is 0. The smallest absolute Gasteiger partial charge is 0.231 e. The third kappa shape index (κ3) is 3.16. The monoisotopic (exact) mass is 304 g/mol. The number of ether oxygens (including phenoxy) is 2. The van der Waals surface area contributed by atoms with Gasteiger partial charge in [0.15, 0.2) is 0 Å². The average Bonchev–Trinajstić information content (AvgIpc) is 3.00. The number of benzene rings is 1. The predicted octanol–water partition coefficient (Wildman–Crippen LogP) is 2.73. The Hall–Kier alpha value is -2.08. The summed E-state index contributed by atoms with van der Waals surface area (Å²) in [6, 6.07) is 5.74. The second-order valence-electron chi connectivity index (χ2n) is 4.77. The lowest BCUT2D eigenvalue weighted by Gasteiger charge is -2.24. The van der Waals surface area contributed by atoms with Gasteiger partial charge in [0.1, 0.15) is 23.1 Å². The first kappa shape index (κ1) is 13.9. The van der Waals surface area contributed by atoms with E-state index in [9.17, 15) is 4.79 Å². The van der Waals surface area contributed by atoms with Crippen molar-refractivity contribution in [3.05, 3.63) is 35.5 Å². The molecule has 0 bridgehead atoms. The van der Waals surface area contributed by atoms with Crippen molar-refractivity contribution in [2.24, 2.45) is 5.92 Å². The van der Waals surface area contributed by atoms with Gasteiger partial charge in [0.2, 0.25) is 5.91 Å². The van der Waals surface area contributed by atoms with Crippen LogP contribution in [0.3, 0.4) is 0 Å². The predicted molar refractivity (Wildman–Crippen MR) is 81.0 cm³/mol. The van der Waals surface area contributed by atoms with Gasteiger partial charge in [-0.3, -0.25) is 9.78 Å². The molecule has 0 saturated heterocycles. The number of carbonyl (C=O) groups excluding carboxylic acids is 1. The molecule has 2 aromatic rings. The van der Waals surface area contributed by atoms with Gasteiger partial charge in [0.05, 0.1) is 24.2 Å². The maximum Gasteiger partial charge on any atom is 0.231 e. The van der Waals surface area contributed by atoms with Crippen molar-refractivity contribution in [3.63, 3.8) is 0 Å². The second-order valence-corrected chi connectivity index (χ2v) is 5.66. The molecule has 5 nitrogen and oxygen atoms in total. The van der Waals surface area contributed by atoms with E-state index in [1.165, 1.54) is 11.3 Å². The molecule has 0 fully saturated rings. The Bertz CT molecular complexity index is 628. The van der Waals surface area contributed by atoms with Crippen molar-refractivity contribution >= 4 is 22.2 Å². The van der Waals surface area contributed by atoms with Crippen LogP contribution in [0.15, 0.2) is 29.9 Å². The van der Waals surface area contributed by atoms with Gasteiger partial charge in [-0.1, -0.05) is 0 Å².